The number of carbonyl (C=O) groups excluding carboxylic acids is 1. The Labute approximate surface area is 88.0 Å². The van der Waals surface area contributed by atoms with E-state index in [1.165, 1.54) is 7.11 Å². The highest BCUT2D eigenvalue weighted by Crippen LogP contribution is 2.36. The number of aromatic nitrogens is 2. The van der Waals surface area contributed by atoms with Gasteiger partial charge in [-0.3, -0.25) is 4.68 Å². The fourth-order valence-electron chi connectivity index (χ4n) is 1.43. The molecule has 0 saturated heterocycles. The van der Waals surface area contributed by atoms with E-state index in [4.69, 9.17) is 9.47 Å². The molecule has 0 amide bonds. The summed E-state index contributed by atoms with van der Waals surface area (Å²) in [6, 6.07) is 1.96. The van der Waals surface area contributed by atoms with Gasteiger partial charge >= 0.3 is 5.97 Å². The van der Waals surface area contributed by atoms with Gasteiger partial charge in [0.25, 0.3) is 0 Å². The number of carbonyl (C=O) groups is 1. The Balaban J connectivity index is 2.26. The molecule has 1 fully saturated rings. The summed E-state index contributed by atoms with van der Waals surface area (Å²) in [7, 11) is 1.54. The maximum Gasteiger partial charge on any atom is 0.356 e. The summed E-state index contributed by atoms with van der Waals surface area (Å²) in [6.07, 6.45) is 2.13. The first kappa shape index (κ1) is 10.0. The van der Waals surface area contributed by atoms with Gasteiger partial charge in [-0.2, -0.15) is 0 Å². The SMILES string of the molecule is CCOC(=O)c1cc(OC)nn1C1CC1. The highest BCUT2D eigenvalue weighted by molar-refractivity contribution is 5.88. The Morgan fingerprint density at radius 2 is 2.40 bits per heavy atom. The summed E-state index contributed by atoms with van der Waals surface area (Å²) >= 11 is 0. The first-order chi connectivity index (χ1) is 7.26. The molecule has 0 unspecified atom stereocenters. The van der Waals surface area contributed by atoms with Crippen LogP contribution < -0.4 is 4.74 Å². The zero-order valence-electron chi connectivity index (χ0n) is 8.90. The van der Waals surface area contributed by atoms with Gasteiger partial charge in [-0.15, -0.1) is 5.10 Å². The number of ether oxygens (including phenoxy) is 2. The first-order valence-electron chi connectivity index (χ1n) is 5.07. The van der Waals surface area contributed by atoms with Gasteiger partial charge in [-0.05, 0) is 19.8 Å². The second kappa shape index (κ2) is 3.92. The monoisotopic (exact) mass is 210 g/mol. The molecule has 5 nitrogen and oxygen atoms in total. The predicted molar refractivity (Wildman–Crippen MR) is 53.0 cm³/mol. The lowest BCUT2D eigenvalue weighted by Gasteiger charge is -2.03. The van der Waals surface area contributed by atoms with E-state index in [1.54, 1.807) is 17.7 Å². The largest absolute Gasteiger partial charge is 0.480 e. The van der Waals surface area contributed by atoms with Gasteiger partial charge in [0.2, 0.25) is 5.88 Å². The van der Waals surface area contributed by atoms with E-state index in [2.05, 4.69) is 5.10 Å². The number of hydrogen-bond acceptors (Lipinski definition) is 4. The lowest BCUT2D eigenvalue weighted by atomic mass is 10.4. The van der Waals surface area contributed by atoms with Crippen molar-refractivity contribution >= 4 is 5.97 Å². The second-order valence-corrected chi connectivity index (χ2v) is 3.47. The molecule has 0 N–H and O–H groups in total. The third-order valence-electron chi connectivity index (χ3n) is 2.30. The molecule has 5 heteroatoms. The van der Waals surface area contributed by atoms with Gasteiger partial charge < -0.3 is 9.47 Å². The topological polar surface area (TPSA) is 53.4 Å². The molecule has 82 valence electrons. The number of esters is 1. The van der Waals surface area contributed by atoms with Crippen LogP contribution >= 0.6 is 0 Å². The van der Waals surface area contributed by atoms with Crippen molar-refractivity contribution in [2.75, 3.05) is 13.7 Å². The Bertz CT molecular complexity index is 369. The van der Waals surface area contributed by atoms with Crippen molar-refractivity contribution in [1.29, 1.82) is 0 Å². The van der Waals surface area contributed by atoms with E-state index in [9.17, 15) is 4.79 Å². The molecular weight excluding hydrogens is 196 g/mol. The first-order valence-corrected chi connectivity index (χ1v) is 5.07. The van der Waals surface area contributed by atoms with Crippen molar-refractivity contribution in [3.8, 4) is 5.88 Å². The van der Waals surface area contributed by atoms with Crippen LogP contribution in [0.2, 0.25) is 0 Å². The molecule has 1 aliphatic carbocycles. The average Bonchev–Trinajstić information content (AvgIpc) is 2.98. The average molecular weight is 210 g/mol. The molecule has 0 atom stereocenters. The van der Waals surface area contributed by atoms with Gasteiger partial charge in [0.15, 0.2) is 5.69 Å². The number of nitrogens with zero attached hydrogens (tertiary/aromatic N) is 2. The van der Waals surface area contributed by atoms with Gasteiger partial charge in [0.1, 0.15) is 0 Å². The standard InChI is InChI=1S/C10H14N2O3/c1-3-15-10(13)8-6-9(14-2)11-12(8)7-4-5-7/h6-7H,3-5H2,1-2H3. The van der Waals surface area contributed by atoms with Gasteiger partial charge in [0.05, 0.1) is 19.8 Å². The zero-order valence-corrected chi connectivity index (χ0v) is 8.90. The molecule has 1 aromatic heterocycles. The van der Waals surface area contributed by atoms with Crippen molar-refractivity contribution in [3.63, 3.8) is 0 Å². The van der Waals surface area contributed by atoms with E-state index in [-0.39, 0.29) is 5.97 Å². The summed E-state index contributed by atoms with van der Waals surface area (Å²) < 4.78 is 11.7. The molecule has 0 radical (unpaired) electrons. The number of methoxy groups -OCH3 is 1. The van der Waals surface area contributed by atoms with Gasteiger partial charge in [-0.25, -0.2) is 4.79 Å². The number of rotatable bonds is 4. The summed E-state index contributed by atoms with van der Waals surface area (Å²) in [5.41, 5.74) is 0.483. The Morgan fingerprint density at radius 1 is 1.67 bits per heavy atom. The van der Waals surface area contributed by atoms with Crippen LogP contribution in [0.5, 0.6) is 5.88 Å². The fourth-order valence-corrected chi connectivity index (χ4v) is 1.43. The van der Waals surface area contributed by atoms with Gasteiger partial charge in [-0.1, -0.05) is 0 Å². The Morgan fingerprint density at radius 3 is 2.93 bits per heavy atom. The van der Waals surface area contributed by atoms with E-state index < -0.39 is 0 Å². The van der Waals surface area contributed by atoms with Crippen molar-refractivity contribution in [2.24, 2.45) is 0 Å². The molecule has 0 bridgehead atoms. The van der Waals surface area contributed by atoms with Crippen LogP contribution in [0.3, 0.4) is 0 Å². The number of hydrogen-bond donors (Lipinski definition) is 0. The Kier molecular flexibility index (Phi) is 2.62. The molecule has 2 rings (SSSR count). The summed E-state index contributed by atoms with van der Waals surface area (Å²) in [6.45, 7) is 2.16. The lowest BCUT2D eigenvalue weighted by molar-refractivity contribution is 0.0511. The van der Waals surface area contributed by atoms with Gasteiger partial charge in [0, 0.05) is 6.07 Å². The van der Waals surface area contributed by atoms with Crippen molar-refractivity contribution < 1.29 is 14.3 Å². The quantitative estimate of drug-likeness (QED) is 0.705. The van der Waals surface area contributed by atoms with E-state index in [0.717, 1.165) is 12.8 Å². The molecule has 0 aliphatic heterocycles. The fraction of sp³-hybridized carbons (Fsp3) is 0.600. The van der Waals surface area contributed by atoms with Crippen LogP contribution in [-0.2, 0) is 4.74 Å². The van der Waals surface area contributed by atoms with Crippen LogP contribution in [0.25, 0.3) is 0 Å². The third-order valence-corrected chi connectivity index (χ3v) is 2.30. The molecule has 15 heavy (non-hydrogen) atoms. The summed E-state index contributed by atoms with van der Waals surface area (Å²) in [5.74, 6) is 0.130. The van der Waals surface area contributed by atoms with E-state index >= 15 is 0 Å². The summed E-state index contributed by atoms with van der Waals surface area (Å²) in [5, 5.41) is 4.19. The molecule has 0 aromatic carbocycles. The molecule has 1 saturated carbocycles. The minimum Gasteiger partial charge on any atom is -0.480 e. The van der Waals surface area contributed by atoms with Crippen molar-refractivity contribution in [1.82, 2.24) is 9.78 Å². The molecular formula is C10H14N2O3. The molecule has 1 aliphatic rings. The van der Waals surface area contributed by atoms with Crippen LogP contribution in [0.1, 0.15) is 36.3 Å². The molecule has 1 aromatic rings. The van der Waals surface area contributed by atoms with E-state index in [1.807, 2.05) is 0 Å². The molecule has 1 heterocycles. The molecule has 0 spiro atoms. The third kappa shape index (κ3) is 1.95. The van der Waals surface area contributed by atoms with Crippen molar-refractivity contribution in [3.05, 3.63) is 11.8 Å². The highest BCUT2D eigenvalue weighted by atomic mass is 16.5. The normalized spacial score (nSPS) is 15.1. The Hall–Kier alpha value is -1.52. The smallest absolute Gasteiger partial charge is 0.356 e. The maximum atomic E-state index is 11.6. The van der Waals surface area contributed by atoms with Crippen LogP contribution in [0.4, 0.5) is 0 Å². The van der Waals surface area contributed by atoms with Crippen LogP contribution in [-0.4, -0.2) is 29.5 Å². The highest BCUT2D eigenvalue weighted by Gasteiger charge is 2.30. The maximum absolute atomic E-state index is 11.6. The minimum atomic E-state index is -0.333. The van der Waals surface area contributed by atoms with E-state index in [0.29, 0.717) is 24.2 Å². The van der Waals surface area contributed by atoms with Crippen LogP contribution in [0, 0.1) is 0 Å². The van der Waals surface area contributed by atoms with Crippen molar-refractivity contribution in [2.45, 2.75) is 25.8 Å². The van der Waals surface area contributed by atoms with Crippen LogP contribution in [0.15, 0.2) is 6.07 Å². The second-order valence-electron chi connectivity index (χ2n) is 3.47. The zero-order chi connectivity index (χ0) is 10.8. The lowest BCUT2D eigenvalue weighted by Crippen LogP contribution is -2.12. The summed E-state index contributed by atoms with van der Waals surface area (Å²) in [4.78, 5) is 11.6. The predicted octanol–water partition coefficient (Wildman–Crippen LogP) is 1.40. The minimum absolute atomic E-state index is 0.333.